The number of rotatable bonds is 5. The average Bonchev–Trinajstić information content (AvgIpc) is 2.54. The standard InChI is InChI=1S/C15H22N4O2S/c1-21-10-8-16-15(22)18-17-14(20)11-19-9-4-6-12-5-2-3-7-13(12)19/h2-3,5,7H,4,6,8-11H2,1H3,(H,17,20)(H2,16,18,22). The number of hydrazine groups is 1. The van der Waals surface area contributed by atoms with Crippen LogP contribution in [0.1, 0.15) is 12.0 Å². The number of anilines is 1. The molecule has 0 saturated carbocycles. The molecule has 1 aromatic carbocycles. The van der Waals surface area contributed by atoms with Gasteiger partial charge in [-0.05, 0) is 36.7 Å². The first-order valence-electron chi connectivity index (χ1n) is 7.35. The van der Waals surface area contributed by atoms with Crippen LogP contribution in [-0.2, 0) is 16.0 Å². The van der Waals surface area contributed by atoms with Crippen molar-refractivity contribution in [3.63, 3.8) is 0 Å². The molecule has 0 unspecified atom stereocenters. The van der Waals surface area contributed by atoms with Crippen LogP contribution in [0.4, 0.5) is 5.69 Å². The van der Waals surface area contributed by atoms with Gasteiger partial charge < -0.3 is 15.0 Å². The summed E-state index contributed by atoms with van der Waals surface area (Å²) in [6, 6.07) is 8.22. The average molecular weight is 322 g/mol. The second-order valence-corrected chi connectivity index (χ2v) is 5.48. The molecule has 120 valence electrons. The third-order valence-electron chi connectivity index (χ3n) is 3.45. The van der Waals surface area contributed by atoms with E-state index in [1.54, 1.807) is 7.11 Å². The number of hydrogen-bond donors (Lipinski definition) is 3. The Labute approximate surface area is 136 Å². The lowest BCUT2D eigenvalue weighted by Gasteiger charge is -2.30. The fourth-order valence-electron chi connectivity index (χ4n) is 2.43. The van der Waals surface area contributed by atoms with Gasteiger partial charge in [0.05, 0.1) is 13.2 Å². The minimum absolute atomic E-state index is 0.118. The first-order chi connectivity index (χ1) is 10.7. The summed E-state index contributed by atoms with van der Waals surface area (Å²) in [5, 5.41) is 3.30. The Bertz CT molecular complexity index is 524. The van der Waals surface area contributed by atoms with Gasteiger partial charge in [-0.1, -0.05) is 18.2 Å². The van der Waals surface area contributed by atoms with E-state index in [0.717, 1.165) is 25.1 Å². The SMILES string of the molecule is COCCNC(=S)NNC(=O)CN1CCCc2ccccc21. The normalized spacial score (nSPS) is 13.2. The van der Waals surface area contributed by atoms with Crippen molar-refractivity contribution in [2.24, 2.45) is 0 Å². The van der Waals surface area contributed by atoms with E-state index in [1.807, 2.05) is 12.1 Å². The summed E-state index contributed by atoms with van der Waals surface area (Å²) >= 11 is 5.05. The van der Waals surface area contributed by atoms with Crippen LogP contribution in [0.15, 0.2) is 24.3 Å². The third kappa shape index (κ3) is 4.85. The molecule has 6 nitrogen and oxygen atoms in total. The molecule has 0 bridgehead atoms. The predicted octanol–water partition coefficient (Wildman–Crippen LogP) is 0.581. The zero-order valence-corrected chi connectivity index (χ0v) is 13.5. The van der Waals surface area contributed by atoms with Crippen molar-refractivity contribution in [3.8, 4) is 0 Å². The van der Waals surface area contributed by atoms with E-state index in [0.29, 0.717) is 24.8 Å². The van der Waals surface area contributed by atoms with Crippen molar-refractivity contribution < 1.29 is 9.53 Å². The molecule has 1 aromatic rings. The number of ether oxygens (including phenoxy) is 1. The maximum Gasteiger partial charge on any atom is 0.257 e. The van der Waals surface area contributed by atoms with Crippen LogP contribution in [0.3, 0.4) is 0 Å². The first-order valence-corrected chi connectivity index (χ1v) is 7.76. The van der Waals surface area contributed by atoms with Gasteiger partial charge in [0.2, 0.25) is 0 Å². The largest absolute Gasteiger partial charge is 0.383 e. The summed E-state index contributed by atoms with van der Waals surface area (Å²) in [6.07, 6.45) is 2.13. The zero-order chi connectivity index (χ0) is 15.8. The zero-order valence-electron chi connectivity index (χ0n) is 12.7. The Morgan fingerprint density at radius 3 is 3.00 bits per heavy atom. The molecule has 0 radical (unpaired) electrons. The number of fused-ring (bicyclic) bond motifs is 1. The number of carbonyl (C=O) groups excluding carboxylic acids is 1. The molecule has 0 fully saturated rings. The Morgan fingerprint density at radius 1 is 1.36 bits per heavy atom. The lowest BCUT2D eigenvalue weighted by molar-refractivity contribution is -0.120. The molecule has 1 heterocycles. The molecule has 22 heavy (non-hydrogen) atoms. The van der Waals surface area contributed by atoms with Gasteiger partial charge in [-0.15, -0.1) is 0 Å². The highest BCUT2D eigenvalue weighted by Gasteiger charge is 2.18. The van der Waals surface area contributed by atoms with Gasteiger partial charge >= 0.3 is 0 Å². The van der Waals surface area contributed by atoms with Gasteiger partial charge in [-0.2, -0.15) is 0 Å². The van der Waals surface area contributed by atoms with Gasteiger partial charge in [0, 0.05) is 25.9 Å². The smallest absolute Gasteiger partial charge is 0.257 e. The quantitative estimate of drug-likeness (QED) is 0.419. The number of thiocarbonyl (C=S) groups is 1. The number of aryl methyl sites for hydroxylation is 1. The molecule has 1 amide bonds. The summed E-state index contributed by atoms with van der Waals surface area (Å²) in [4.78, 5) is 14.1. The van der Waals surface area contributed by atoms with Gasteiger partial charge in [-0.3, -0.25) is 15.6 Å². The Balaban J connectivity index is 1.77. The molecule has 1 aliphatic heterocycles. The Morgan fingerprint density at radius 2 is 2.18 bits per heavy atom. The van der Waals surface area contributed by atoms with E-state index < -0.39 is 0 Å². The number of amides is 1. The van der Waals surface area contributed by atoms with Crippen molar-refractivity contribution in [1.82, 2.24) is 16.2 Å². The summed E-state index contributed by atoms with van der Waals surface area (Å²) in [5.41, 5.74) is 7.75. The summed E-state index contributed by atoms with van der Waals surface area (Å²) in [6.45, 7) is 2.35. The highest BCUT2D eigenvalue weighted by molar-refractivity contribution is 7.80. The van der Waals surface area contributed by atoms with Crippen LogP contribution in [0.5, 0.6) is 0 Å². The second-order valence-electron chi connectivity index (χ2n) is 5.08. The fraction of sp³-hybridized carbons (Fsp3) is 0.467. The summed E-state index contributed by atoms with van der Waals surface area (Å²) in [5.74, 6) is -0.118. The maximum absolute atomic E-state index is 12.0. The van der Waals surface area contributed by atoms with Gasteiger partial charge in [0.15, 0.2) is 5.11 Å². The number of para-hydroxylation sites is 1. The molecular weight excluding hydrogens is 300 g/mol. The van der Waals surface area contributed by atoms with Crippen LogP contribution < -0.4 is 21.1 Å². The third-order valence-corrected chi connectivity index (χ3v) is 3.69. The number of nitrogens with one attached hydrogen (secondary N) is 3. The van der Waals surface area contributed by atoms with Crippen LogP contribution in [0.2, 0.25) is 0 Å². The minimum Gasteiger partial charge on any atom is -0.383 e. The minimum atomic E-state index is -0.118. The first kappa shape index (κ1) is 16.5. The second kappa shape index (κ2) is 8.55. The summed E-state index contributed by atoms with van der Waals surface area (Å²) in [7, 11) is 1.62. The van der Waals surface area contributed by atoms with Crippen LogP contribution in [-0.4, -0.2) is 44.4 Å². The Kier molecular flexibility index (Phi) is 6.42. The highest BCUT2D eigenvalue weighted by atomic mass is 32.1. The van der Waals surface area contributed by atoms with Gasteiger partial charge in [-0.25, -0.2) is 0 Å². The number of hydrogen-bond acceptors (Lipinski definition) is 4. The maximum atomic E-state index is 12.0. The van der Waals surface area contributed by atoms with E-state index in [-0.39, 0.29) is 5.91 Å². The van der Waals surface area contributed by atoms with Crippen LogP contribution in [0, 0.1) is 0 Å². The lowest BCUT2D eigenvalue weighted by Crippen LogP contribution is -2.50. The fourth-order valence-corrected chi connectivity index (χ4v) is 2.58. The van der Waals surface area contributed by atoms with Crippen molar-refractivity contribution in [2.45, 2.75) is 12.8 Å². The molecule has 1 aliphatic rings. The molecule has 0 aromatic heterocycles. The van der Waals surface area contributed by atoms with Crippen LogP contribution >= 0.6 is 12.2 Å². The molecule has 2 rings (SSSR count). The molecule has 0 spiro atoms. The van der Waals surface area contributed by atoms with Gasteiger partial charge in [0.1, 0.15) is 0 Å². The lowest BCUT2D eigenvalue weighted by atomic mass is 10.0. The highest BCUT2D eigenvalue weighted by Crippen LogP contribution is 2.25. The molecule has 7 heteroatoms. The van der Waals surface area contributed by atoms with Crippen molar-refractivity contribution in [2.75, 3.05) is 38.3 Å². The molecule has 0 atom stereocenters. The van der Waals surface area contributed by atoms with E-state index in [1.165, 1.54) is 5.56 Å². The van der Waals surface area contributed by atoms with Crippen molar-refractivity contribution in [3.05, 3.63) is 29.8 Å². The Hall–Kier alpha value is -1.86. The predicted molar refractivity (Wildman–Crippen MR) is 90.7 cm³/mol. The van der Waals surface area contributed by atoms with E-state index in [4.69, 9.17) is 17.0 Å². The topological polar surface area (TPSA) is 65.6 Å². The summed E-state index contributed by atoms with van der Waals surface area (Å²) < 4.78 is 4.91. The molecule has 3 N–H and O–H groups in total. The number of benzene rings is 1. The van der Waals surface area contributed by atoms with Crippen LogP contribution in [0.25, 0.3) is 0 Å². The van der Waals surface area contributed by atoms with E-state index in [2.05, 4.69) is 33.2 Å². The molecule has 0 saturated heterocycles. The van der Waals surface area contributed by atoms with Crippen molar-refractivity contribution >= 4 is 28.9 Å². The number of carbonyl (C=O) groups is 1. The van der Waals surface area contributed by atoms with E-state index in [9.17, 15) is 4.79 Å². The molecular formula is C15H22N4O2S. The molecule has 0 aliphatic carbocycles. The van der Waals surface area contributed by atoms with Gasteiger partial charge in [0.25, 0.3) is 5.91 Å². The monoisotopic (exact) mass is 322 g/mol. The van der Waals surface area contributed by atoms with E-state index >= 15 is 0 Å². The number of nitrogens with zero attached hydrogens (tertiary/aromatic N) is 1. The van der Waals surface area contributed by atoms with Crippen molar-refractivity contribution in [1.29, 1.82) is 0 Å². The number of methoxy groups -OCH3 is 1.